The third-order valence-corrected chi connectivity index (χ3v) is 3.68. The maximum atomic E-state index is 12.1. The van der Waals surface area contributed by atoms with Crippen molar-refractivity contribution in [3.05, 3.63) is 60.7 Å². The Kier molecular flexibility index (Phi) is 4.89. The monoisotopic (exact) mass is 338 g/mol. The maximum Gasteiger partial charge on any atom is 0.321 e. The van der Waals surface area contributed by atoms with E-state index < -0.39 is 6.03 Å². The highest BCUT2D eigenvalue weighted by molar-refractivity contribution is 6.03. The van der Waals surface area contributed by atoms with Crippen LogP contribution in [0.1, 0.15) is 0 Å². The second-order valence-electron chi connectivity index (χ2n) is 5.25. The average molecular weight is 338 g/mol. The fourth-order valence-electron chi connectivity index (χ4n) is 2.49. The second-order valence-corrected chi connectivity index (χ2v) is 5.25. The number of carbonyl (C=O) groups excluding carboxylic acids is 1. The van der Waals surface area contributed by atoms with E-state index >= 15 is 0 Å². The van der Waals surface area contributed by atoms with Crippen LogP contribution < -0.4 is 20.1 Å². The summed E-state index contributed by atoms with van der Waals surface area (Å²) in [6.07, 6.45) is 0. The molecule has 3 rings (SSSR count). The lowest BCUT2D eigenvalue weighted by Gasteiger charge is -2.13. The van der Waals surface area contributed by atoms with Gasteiger partial charge in [0.15, 0.2) is 18.2 Å². The molecule has 3 aromatic rings. The topological polar surface area (TPSA) is 79.8 Å². The van der Waals surface area contributed by atoms with Crippen LogP contribution >= 0.6 is 0 Å². The number of urea groups is 1. The van der Waals surface area contributed by atoms with Gasteiger partial charge in [0.05, 0.1) is 12.8 Å². The summed E-state index contributed by atoms with van der Waals surface area (Å²) < 4.78 is 10.7. The van der Waals surface area contributed by atoms with Gasteiger partial charge in [-0.25, -0.2) is 4.79 Å². The third kappa shape index (κ3) is 3.74. The predicted octanol–water partition coefficient (Wildman–Crippen LogP) is 3.71. The molecule has 3 N–H and O–H groups in total. The molecule has 6 heteroatoms. The standard InChI is InChI=1S/C19H18N2O4/c1-24-17-10-2-3-11-18(17)25-12-20-19(23)21-15-8-4-7-14-13(15)6-5-9-16(14)22/h2-11,22H,12H2,1H3,(H2,20,21,23). The van der Waals surface area contributed by atoms with Gasteiger partial charge in [0.2, 0.25) is 0 Å². The number of amides is 2. The molecule has 0 radical (unpaired) electrons. The summed E-state index contributed by atoms with van der Waals surface area (Å²) in [5.74, 6) is 1.30. The first-order valence-electron chi connectivity index (χ1n) is 7.70. The van der Waals surface area contributed by atoms with Crippen LogP contribution in [0.15, 0.2) is 60.7 Å². The van der Waals surface area contributed by atoms with Crippen LogP contribution in [0.25, 0.3) is 10.8 Å². The van der Waals surface area contributed by atoms with E-state index in [0.29, 0.717) is 22.6 Å². The van der Waals surface area contributed by atoms with E-state index in [1.807, 2.05) is 18.2 Å². The molecule has 0 aliphatic rings. The number of ether oxygens (including phenoxy) is 2. The summed E-state index contributed by atoms with van der Waals surface area (Å²) in [7, 11) is 1.55. The van der Waals surface area contributed by atoms with Crippen LogP contribution in [-0.2, 0) is 0 Å². The highest BCUT2D eigenvalue weighted by atomic mass is 16.5. The van der Waals surface area contributed by atoms with Gasteiger partial charge in [0.1, 0.15) is 5.75 Å². The summed E-state index contributed by atoms with van der Waals surface area (Å²) >= 11 is 0. The van der Waals surface area contributed by atoms with Crippen molar-refractivity contribution in [1.29, 1.82) is 0 Å². The minimum absolute atomic E-state index is 0.0117. The molecule has 0 saturated heterocycles. The summed E-state index contributed by atoms with van der Waals surface area (Å²) in [5, 5.41) is 16.7. The minimum Gasteiger partial charge on any atom is -0.507 e. The van der Waals surface area contributed by atoms with Gasteiger partial charge in [-0.2, -0.15) is 0 Å². The normalized spacial score (nSPS) is 10.3. The molecule has 6 nitrogen and oxygen atoms in total. The second kappa shape index (κ2) is 7.44. The smallest absolute Gasteiger partial charge is 0.321 e. The van der Waals surface area contributed by atoms with Gasteiger partial charge in [-0.15, -0.1) is 0 Å². The SMILES string of the molecule is COc1ccccc1OCNC(=O)Nc1cccc2c(O)cccc12. The molecule has 128 valence electrons. The van der Waals surface area contributed by atoms with Crippen molar-refractivity contribution < 1.29 is 19.4 Å². The quantitative estimate of drug-likeness (QED) is 0.620. The Labute approximate surface area is 145 Å². The molecule has 0 fully saturated rings. The Balaban J connectivity index is 1.63. The van der Waals surface area contributed by atoms with E-state index in [0.717, 1.165) is 5.39 Å². The number of benzene rings is 3. The Hall–Kier alpha value is -3.41. The van der Waals surface area contributed by atoms with Crippen molar-refractivity contribution in [3.63, 3.8) is 0 Å². The Bertz CT molecular complexity index is 895. The molecule has 0 heterocycles. The fraction of sp³-hybridized carbons (Fsp3) is 0.105. The zero-order valence-corrected chi connectivity index (χ0v) is 13.7. The molecule has 0 bridgehead atoms. The molecular weight excluding hydrogens is 320 g/mol. The number of methoxy groups -OCH3 is 1. The molecule has 0 aliphatic carbocycles. The molecule has 0 saturated carbocycles. The highest BCUT2D eigenvalue weighted by Gasteiger charge is 2.08. The van der Waals surface area contributed by atoms with Gasteiger partial charge < -0.3 is 25.2 Å². The molecule has 0 aromatic heterocycles. The number of nitrogens with one attached hydrogen (secondary N) is 2. The third-order valence-electron chi connectivity index (χ3n) is 3.68. The predicted molar refractivity (Wildman–Crippen MR) is 96.3 cm³/mol. The lowest BCUT2D eigenvalue weighted by atomic mass is 10.1. The zero-order chi connectivity index (χ0) is 17.6. The van der Waals surface area contributed by atoms with Crippen LogP contribution in [0.5, 0.6) is 17.2 Å². The van der Waals surface area contributed by atoms with E-state index in [4.69, 9.17) is 9.47 Å². The van der Waals surface area contributed by atoms with E-state index in [1.165, 1.54) is 0 Å². The molecule has 0 spiro atoms. The first kappa shape index (κ1) is 16.4. The van der Waals surface area contributed by atoms with Crippen molar-refractivity contribution in [3.8, 4) is 17.2 Å². The zero-order valence-electron chi connectivity index (χ0n) is 13.7. The highest BCUT2D eigenvalue weighted by Crippen LogP contribution is 2.29. The lowest BCUT2D eigenvalue weighted by Crippen LogP contribution is -2.32. The van der Waals surface area contributed by atoms with Crippen molar-refractivity contribution in [1.82, 2.24) is 5.32 Å². The number of hydrogen-bond donors (Lipinski definition) is 3. The van der Waals surface area contributed by atoms with Crippen molar-refractivity contribution in [2.24, 2.45) is 0 Å². The largest absolute Gasteiger partial charge is 0.507 e. The van der Waals surface area contributed by atoms with Crippen molar-refractivity contribution >= 4 is 22.5 Å². The molecule has 0 aliphatic heterocycles. The van der Waals surface area contributed by atoms with Gasteiger partial charge in [-0.1, -0.05) is 36.4 Å². The molecular formula is C19H18N2O4. The van der Waals surface area contributed by atoms with Crippen molar-refractivity contribution in [2.75, 3.05) is 19.2 Å². The Morgan fingerprint density at radius 1 is 0.960 bits per heavy atom. The van der Waals surface area contributed by atoms with Gasteiger partial charge in [0, 0.05) is 10.8 Å². The lowest BCUT2D eigenvalue weighted by molar-refractivity contribution is 0.231. The van der Waals surface area contributed by atoms with Crippen LogP contribution in [0.3, 0.4) is 0 Å². The minimum atomic E-state index is -0.411. The number of aromatic hydroxyl groups is 1. The fourth-order valence-corrected chi connectivity index (χ4v) is 2.49. The van der Waals surface area contributed by atoms with E-state index in [-0.39, 0.29) is 12.5 Å². The first-order chi connectivity index (χ1) is 12.2. The number of fused-ring (bicyclic) bond motifs is 1. The number of phenolic OH excluding ortho intramolecular Hbond substituents is 1. The maximum absolute atomic E-state index is 12.1. The molecule has 0 unspecified atom stereocenters. The summed E-state index contributed by atoms with van der Waals surface area (Å²) in [5.41, 5.74) is 0.600. The van der Waals surface area contributed by atoms with E-state index in [9.17, 15) is 9.90 Å². The first-order valence-corrected chi connectivity index (χ1v) is 7.70. The Morgan fingerprint density at radius 2 is 1.68 bits per heavy atom. The summed E-state index contributed by atoms with van der Waals surface area (Å²) in [6.45, 7) is -0.0117. The van der Waals surface area contributed by atoms with E-state index in [2.05, 4.69) is 10.6 Å². The number of phenols is 1. The number of rotatable bonds is 5. The molecule has 2 amide bonds. The molecule has 0 atom stereocenters. The average Bonchev–Trinajstić information content (AvgIpc) is 2.63. The number of anilines is 1. The van der Waals surface area contributed by atoms with Crippen molar-refractivity contribution in [2.45, 2.75) is 0 Å². The summed E-state index contributed by atoms with van der Waals surface area (Å²) in [4.78, 5) is 12.1. The molecule has 25 heavy (non-hydrogen) atoms. The van der Waals surface area contributed by atoms with Crippen LogP contribution in [0, 0.1) is 0 Å². The Morgan fingerprint density at radius 3 is 2.48 bits per heavy atom. The van der Waals surface area contributed by atoms with Gasteiger partial charge in [0.25, 0.3) is 0 Å². The number of carbonyl (C=O) groups is 1. The van der Waals surface area contributed by atoms with Crippen LogP contribution in [-0.4, -0.2) is 25.0 Å². The van der Waals surface area contributed by atoms with Gasteiger partial charge in [-0.3, -0.25) is 0 Å². The van der Waals surface area contributed by atoms with E-state index in [1.54, 1.807) is 49.6 Å². The van der Waals surface area contributed by atoms with Crippen LogP contribution in [0.2, 0.25) is 0 Å². The molecule has 3 aromatic carbocycles. The van der Waals surface area contributed by atoms with Crippen LogP contribution in [0.4, 0.5) is 10.5 Å². The summed E-state index contributed by atoms with van der Waals surface area (Å²) in [6, 6.07) is 17.3. The number of para-hydroxylation sites is 2. The van der Waals surface area contributed by atoms with Gasteiger partial charge >= 0.3 is 6.03 Å². The number of hydrogen-bond acceptors (Lipinski definition) is 4. The van der Waals surface area contributed by atoms with Gasteiger partial charge in [-0.05, 0) is 24.3 Å².